The second-order valence-corrected chi connectivity index (χ2v) is 6.61. The van der Waals surface area contributed by atoms with Crippen molar-refractivity contribution in [1.29, 1.82) is 0 Å². The van der Waals surface area contributed by atoms with Gasteiger partial charge in [-0.1, -0.05) is 0 Å². The van der Waals surface area contributed by atoms with Gasteiger partial charge >= 0.3 is 0 Å². The summed E-state index contributed by atoms with van der Waals surface area (Å²) in [6.07, 6.45) is 0. The number of hydrogen-bond acceptors (Lipinski definition) is 7. The highest BCUT2D eigenvalue weighted by molar-refractivity contribution is 5.77. The second kappa shape index (κ2) is 12.1. The summed E-state index contributed by atoms with van der Waals surface area (Å²) in [6.45, 7) is 5.61. The fraction of sp³-hybridized carbons (Fsp3) is 0.292. The Kier molecular flexibility index (Phi) is 8.68. The molecule has 1 N–H and O–H groups in total. The fourth-order valence-corrected chi connectivity index (χ4v) is 2.78. The van der Waals surface area contributed by atoms with Crippen LogP contribution in [0, 0.1) is 0 Å². The van der Waals surface area contributed by atoms with Gasteiger partial charge in [0.1, 0.15) is 23.9 Å². The van der Waals surface area contributed by atoms with Crippen LogP contribution >= 0.6 is 0 Å². The van der Waals surface area contributed by atoms with Gasteiger partial charge in [-0.15, -0.1) is 10.2 Å². The number of carbonyl (C=O) groups is 1. The molecule has 1 aromatic heterocycles. The number of nitrogens with one attached hydrogen (secondary N) is 1. The first kappa shape index (κ1) is 22.9. The fourth-order valence-electron chi connectivity index (χ4n) is 2.78. The van der Waals surface area contributed by atoms with Gasteiger partial charge in [0.2, 0.25) is 5.88 Å². The summed E-state index contributed by atoms with van der Waals surface area (Å²) in [7, 11) is 0. The molecule has 32 heavy (non-hydrogen) atoms. The topological polar surface area (TPSA) is 91.8 Å². The van der Waals surface area contributed by atoms with Crippen molar-refractivity contribution >= 4 is 5.91 Å². The number of nitrogens with zero attached hydrogens (tertiary/aromatic N) is 2. The van der Waals surface area contributed by atoms with Crippen LogP contribution in [-0.4, -0.2) is 49.1 Å². The van der Waals surface area contributed by atoms with Crippen LogP contribution in [0.15, 0.2) is 60.7 Å². The molecule has 0 spiro atoms. The van der Waals surface area contributed by atoms with Crippen molar-refractivity contribution in [3.05, 3.63) is 60.7 Å². The van der Waals surface area contributed by atoms with Gasteiger partial charge in [0, 0.05) is 11.6 Å². The molecule has 0 fully saturated rings. The molecule has 0 radical (unpaired) electrons. The first-order valence-corrected chi connectivity index (χ1v) is 10.5. The Bertz CT molecular complexity index is 960. The van der Waals surface area contributed by atoms with Crippen molar-refractivity contribution in [1.82, 2.24) is 15.5 Å². The zero-order valence-electron chi connectivity index (χ0n) is 18.2. The molecule has 0 aliphatic carbocycles. The summed E-state index contributed by atoms with van der Waals surface area (Å²) in [5.74, 6) is 2.33. The van der Waals surface area contributed by atoms with Crippen molar-refractivity contribution in [3.63, 3.8) is 0 Å². The molecule has 0 aliphatic heterocycles. The van der Waals surface area contributed by atoms with Crippen LogP contribution < -0.4 is 24.3 Å². The van der Waals surface area contributed by atoms with E-state index in [9.17, 15) is 4.79 Å². The number of ether oxygens (including phenoxy) is 4. The maximum Gasteiger partial charge on any atom is 0.258 e. The molecule has 8 heteroatoms. The minimum Gasteiger partial charge on any atom is -0.494 e. The Hall–Kier alpha value is -3.81. The van der Waals surface area contributed by atoms with E-state index in [1.807, 2.05) is 44.2 Å². The van der Waals surface area contributed by atoms with Crippen molar-refractivity contribution in [2.45, 2.75) is 13.8 Å². The van der Waals surface area contributed by atoms with Crippen molar-refractivity contribution in [3.8, 4) is 34.4 Å². The van der Waals surface area contributed by atoms with E-state index < -0.39 is 0 Å². The third-order valence-corrected chi connectivity index (χ3v) is 4.28. The number of hydrogen-bond donors (Lipinski definition) is 1. The zero-order valence-corrected chi connectivity index (χ0v) is 18.2. The summed E-state index contributed by atoms with van der Waals surface area (Å²) < 4.78 is 21.8. The average molecular weight is 437 g/mol. The lowest BCUT2D eigenvalue weighted by Crippen LogP contribution is -2.32. The standard InChI is InChI=1S/C24H27N3O5/c1-3-29-19-7-5-18(6-8-19)22-13-14-24(27-26-22)31-16-15-25-23(28)17-32-21-11-9-20(10-12-21)30-4-2/h5-14H,3-4,15-17H2,1-2H3,(H,25,28). The minimum atomic E-state index is -0.237. The molecule has 0 saturated carbocycles. The van der Waals surface area contributed by atoms with E-state index in [1.54, 1.807) is 30.3 Å². The maximum absolute atomic E-state index is 11.9. The molecule has 0 aliphatic rings. The van der Waals surface area contributed by atoms with Crippen LogP contribution in [0.3, 0.4) is 0 Å². The van der Waals surface area contributed by atoms with Gasteiger partial charge in [-0.25, -0.2) is 0 Å². The molecule has 1 amide bonds. The number of aromatic nitrogens is 2. The van der Waals surface area contributed by atoms with Crippen molar-refractivity contribution in [2.75, 3.05) is 33.0 Å². The molecule has 3 rings (SSSR count). The Morgan fingerprint density at radius 1 is 0.750 bits per heavy atom. The Morgan fingerprint density at radius 2 is 1.34 bits per heavy atom. The normalized spacial score (nSPS) is 10.3. The largest absolute Gasteiger partial charge is 0.494 e. The van der Waals surface area contributed by atoms with Gasteiger partial charge in [-0.05, 0) is 68.4 Å². The van der Waals surface area contributed by atoms with Gasteiger partial charge < -0.3 is 24.3 Å². The van der Waals surface area contributed by atoms with E-state index in [4.69, 9.17) is 18.9 Å². The number of carbonyl (C=O) groups excluding carboxylic acids is 1. The molecule has 1 heterocycles. The third kappa shape index (κ3) is 7.16. The van der Waals surface area contributed by atoms with Crippen molar-refractivity contribution < 1.29 is 23.7 Å². The number of benzene rings is 2. The summed E-state index contributed by atoms with van der Waals surface area (Å²) in [6, 6.07) is 18.4. The van der Waals surface area contributed by atoms with Crippen LogP contribution in [0.4, 0.5) is 0 Å². The summed E-state index contributed by atoms with van der Waals surface area (Å²) in [4.78, 5) is 11.9. The third-order valence-electron chi connectivity index (χ3n) is 4.28. The van der Waals surface area contributed by atoms with Gasteiger partial charge in [0.05, 0.1) is 25.5 Å². The van der Waals surface area contributed by atoms with Crippen LogP contribution in [0.2, 0.25) is 0 Å². The summed E-state index contributed by atoms with van der Waals surface area (Å²) >= 11 is 0. The van der Waals surface area contributed by atoms with Crippen molar-refractivity contribution in [2.24, 2.45) is 0 Å². The van der Waals surface area contributed by atoms with E-state index in [1.165, 1.54) is 0 Å². The van der Waals surface area contributed by atoms with Gasteiger partial charge in [0.25, 0.3) is 5.91 Å². The van der Waals surface area contributed by atoms with Gasteiger partial charge in [-0.2, -0.15) is 0 Å². The molecular weight excluding hydrogens is 410 g/mol. The van der Waals surface area contributed by atoms with Gasteiger partial charge in [-0.3, -0.25) is 4.79 Å². The molecule has 2 aromatic carbocycles. The smallest absolute Gasteiger partial charge is 0.258 e. The minimum absolute atomic E-state index is 0.0788. The molecule has 0 saturated heterocycles. The first-order chi connectivity index (χ1) is 15.7. The zero-order chi connectivity index (χ0) is 22.6. The highest BCUT2D eigenvalue weighted by atomic mass is 16.5. The highest BCUT2D eigenvalue weighted by Crippen LogP contribution is 2.21. The lowest BCUT2D eigenvalue weighted by atomic mass is 10.1. The Balaban J connectivity index is 1.35. The van der Waals surface area contributed by atoms with E-state index >= 15 is 0 Å². The maximum atomic E-state index is 11.9. The molecule has 0 atom stereocenters. The first-order valence-electron chi connectivity index (χ1n) is 10.5. The Morgan fingerprint density at radius 3 is 1.91 bits per heavy atom. The van der Waals surface area contributed by atoms with Gasteiger partial charge in [0.15, 0.2) is 6.61 Å². The SMILES string of the molecule is CCOc1ccc(OCC(=O)NCCOc2ccc(-c3ccc(OCC)cc3)nn2)cc1. The summed E-state index contributed by atoms with van der Waals surface area (Å²) in [5.41, 5.74) is 1.67. The monoisotopic (exact) mass is 437 g/mol. The van der Waals surface area contributed by atoms with Crippen LogP contribution in [0.25, 0.3) is 11.3 Å². The molecule has 168 valence electrons. The second-order valence-electron chi connectivity index (χ2n) is 6.61. The molecule has 0 unspecified atom stereocenters. The lowest BCUT2D eigenvalue weighted by molar-refractivity contribution is -0.123. The quantitative estimate of drug-likeness (QED) is 0.434. The molecule has 0 bridgehead atoms. The number of amides is 1. The van der Waals surface area contributed by atoms with E-state index in [0.29, 0.717) is 31.4 Å². The van der Waals surface area contributed by atoms with E-state index in [0.717, 1.165) is 22.8 Å². The highest BCUT2D eigenvalue weighted by Gasteiger charge is 2.05. The lowest BCUT2D eigenvalue weighted by Gasteiger charge is -2.09. The van der Waals surface area contributed by atoms with E-state index in [2.05, 4.69) is 15.5 Å². The number of rotatable bonds is 12. The predicted octanol–water partition coefficient (Wildman–Crippen LogP) is 3.52. The molecular formula is C24H27N3O5. The van der Waals surface area contributed by atoms with Crippen LogP contribution in [-0.2, 0) is 4.79 Å². The summed E-state index contributed by atoms with van der Waals surface area (Å²) in [5, 5.41) is 11.0. The predicted molar refractivity (Wildman–Crippen MR) is 120 cm³/mol. The molecule has 3 aromatic rings. The van der Waals surface area contributed by atoms with Crippen LogP contribution in [0.5, 0.6) is 23.1 Å². The van der Waals surface area contributed by atoms with E-state index in [-0.39, 0.29) is 19.1 Å². The Labute approximate surface area is 187 Å². The average Bonchev–Trinajstić information content (AvgIpc) is 2.83. The molecule has 8 nitrogen and oxygen atoms in total. The van der Waals surface area contributed by atoms with Crippen LogP contribution in [0.1, 0.15) is 13.8 Å².